The number of ether oxygens (including phenoxy) is 2. The summed E-state index contributed by atoms with van der Waals surface area (Å²) in [4.78, 5) is 12.3. The highest BCUT2D eigenvalue weighted by Crippen LogP contribution is 2.28. The van der Waals surface area contributed by atoms with E-state index in [2.05, 4.69) is 5.32 Å². The van der Waals surface area contributed by atoms with Crippen LogP contribution in [0.25, 0.3) is 0 Å². The quantitative estimate of drug-likeness (QED) is 0.691. The smallest absolute Gasteiger partial charge is 0.243 e. The van der Waals surface area contributed by atoms with Crippen molar-refractivity contribution < 1.29 is 22.7 Å². The van der Waals surface area contributed by atoms with Gasteiger partial charge in [-0.15, -0.1) is 0 Å². The van der Waals surface area contributed by atoms with Crippen LogP contribution in [0.3, 0.4) is 0 Å². The van der Waals surface area contributed by atoms with E-state index in [0.29, 0.717) is 11.5 Å². The van der Waals surface area contributed by atoms with Crippen molar-refractivity contribution in [2.75, 3.05) is 20.7 Å². The fraction of sp³-hybridized carbons (Fsp3) is 0.350. The molecule has 0 aromatic heterocycles. The van der Waals surface area contributed by atoms with Crippen LogP contribution < -0.4 is 14.8 Å². The minimum Gasteiger partial charge on any atom is -0.493 e. The average molecular weight is 407 g/mol. The van der Waals surface area contributed by atoms with Crippen LogP contribution in [-0.4, -0.2) is 45.4 Å². The summed E-state index contributed by atoms with van der Waals surface area (Å²) in [5.74, 6) is 0.800. The molecule has 152 valence electrons. The minimum atomic E-state index is -3.71. The molecule has 0 radical (unpaired) electrons. The van der Waals surface area contributed by atoms with Gasteiger partial charge in [-0.1, -0.05) is 24.3 Å². The highest BCUT2D eigenvalue weighted by atomic mass is 32.2. The second-order valence-electron chi connectivity index (χ2n) is 6.50. The number of carbonyl (C=O) groups is 1. The topological polar surface area (TPSA) is 84.9 Å². The van der Waals surface area contributed by atoms with Crippen molar-refractivity contribution in [3.8, 4) is 11.5 Å². The maximum absolute atomic E-state index is 12.5. The molecule has 0 unspecified atom stereocenters. The van der Waals surface area contributed by atoms with Crippen LogP contribution >= 0.6 is 0 Å². The van der Waals surface area contributed by atoms with Gasteiger partial charge in [-0.25, -0.2) is 8.42 Å². The van der Waals surface area contributed by atoms with E-state index < -0.39 is 15.9 Å². The fourth-order valence-corrected chi connectivity index (χ4v) is 3.64. The minimum absolute atomic E-state index is 0.0153. The van der Waals surface area contributed by atoms with Gasteiger partial charge in [0.1, 0.15) is 0 Å². The summed E-state index contributed by atoms with van der Waals surface area (Å²) in [6.07, 6.45) is 0.0153. The SMILES string of the molecule is COc1cc(CNC(=O)CN(C)S(=O)(=O)c2ccccc2)ccc1OC(C)C. The lowest BCUT2D eigenvalue weighted by Crippen LogP contribution is -2.38. The van der Waals surface area contributed by atoms with Gasteiger partial charge in [0.25, 0.3) is 0 Å². The van der Waals surface area contributed by atoms with Gasteiger partial charge in [0.05, 0.1) is 24.7 Å². The Labute approximate surface area is 166 Å². The lowest BCUT2D eigenvalue weighted by molar-refractivity contribution is -0.121. The molecular formula is C20H26N2O5S. The number of rotatable bonds is 9. The van der Waals surface area contributed by atoms with Crippen molar-refractivity contribution in [2.24, 2.45) is 0 Å². The third kappa shape index (κ3) is 5.71. The Hall–Kier alpha value is -2.58. The number of benzene rings is 2. The molecule has 0 aliphatic rings. The van der Waals surface area contributed by atoms with Gasteiger partial charge in [0.2, 0.25) is 15.9 Å². The third-order valence-corrected chi connectivity index (χ3v) is 5.72. The molecule has 2 aromatic rings. The standard InChI is InChI=1S/C20H26N2O5S/c1-15(2)27-18-11-10-16(12-19(18)26-4)13-21-20(23)14-22(3)28(24,25)17-8-6-5-7-9-17/h5-12,15H,13-14H2,1-4H3,(H,21,23). The summed E-state index contributed by atoms with van der Waals surface area (Å²) in [7, 11) is -0.781. The first kappa shape index (κ1) is 21.7. The van der Waals surface area contributed by atoms with Crippen molar-refractivity contribution in [1.82, 2.24) is 9.62 Å². The summed E-state index contributed by atoms with van der Waals surface area (Å²) >= 11 is 0. The Morgan fingerprint density at radius 2 is 1.79 bits per heavy atom. The largest absolute Gasteiger partial charge is 0.493 e. The molecule has 2 rings (SSSR count). The number of nitrogens with zero attached hydrogens (tertiary/aromatic N) is 1. The first-order valence-electron chi connectivity index (χ1n) is 8.85. The number of nitrogens with one attached hydrogen (secondary N) is 1. The van der Waals surface area contributed by atoms with Crippen molar-refractivity contribution in [2.45, 2.75) is 31.4 Å². The van der Waals surface area contributed by atoms with Gasteiger partial charge in [-0.3, -0.25) is 4.79 Å². The van der Waals surface area contributed by atoms with Gasteiger partial charge >= 0.3 is 0 Å². The number of likely N-dealkylation sites (N-methyl/N-ethyl adjacent to an activating group) is 1. The van der Waals surface area contributed by atoms with Crippen molar-refractivity contribution in [3.63, 3.8) is 0 Å². The lowest BCUT2D eigenvalue weighted by atomic mass is 10.2. The first-order valence-corrected chi connectivity index (χ1v) is 10.3. The maximum atomic E-state index is 12.5. The summed E-state index contributed by atoms with van der Waals surface area (Å²) < 4.78 is 36.9. The number of hydrogen-bond acceptors (Lipinski definition) is 5. The van der Waals surface area contributed by atoms with Gasteiger partial charge in [-0.2, -0.15) is 4.31 Å². The molecule has 0 spiro atoms. The van der Waals surface area contributed by atoms with Crippen molar-refractivity contribution in [1.29, 1.82) is 0 Å². The summed E-state index contributed by atoms with van der Waals surface area (Å²) in [5.41, 5.74) is 0.815. The molecule has 0 aliphatic carbocycles. The first-order chi connectivity index (χ1) is 13.2. The molecule has 0 bridgehead atoms. The van der Waals surface area contributed by atoms with E-state index in [1.807, 2.05) is 19.9 Å². The molecule has 0 saturated carbocycles. The summed E-state index contributed by atoms with van der Waals surface area (Å²) in [5, 5.41) is 2.72. The molecule has 1 N–H and O–H groups in total. The van der Waals surface area contributed by atoms with Crippen LogP contribution in [0.4, 0.5) is 0 Å². The molecule has 28 heavy (non-hydrogen) atoms. The number of carbonyl (C=O) groups excluding carboxylic acids is 1. The van der Waals surface area contributed by atoms with Crippen LogP contribution in [0, 0.1) is 0 Å². The monoisotopic (exact) mass is 406 g/mol. The molecule has 0 aliphatic heterocycles. The zero-order chi connectivity index (χ0) is 20.7. The van der Waals surface area contributed by atoms with Crippen molar-refractivity contribution >= 4 is 15.9 Å². The van der Waals surface area contributed by atoms with Crippen LogP contribution in [0.5, 0.6) is 11.5 Å². The van der Waals surface area contributed by atoms with Gasteiger partial charge in [0.15, 0.2) is 11.5 Å². The van der Waals surface area contributed by atoms with Gasteiger partial charge < -0.3 is 14.8 Å². The summed E-state index contributed by atoms with van der Waals surface area (Å²) in [6.45, 7) is 3.82. The highest BCUT2D eigenvalue weighted by Gasteiger charge is 2.22. The Morgan fingerprint density at radius 1 is 1.11 bits per heavy atom. The van der Waals surface area contributed by atoms with Crippen LogP contribution in [-0.2, 0) is 21.4 Å². The molecular weight excluding hydrogens is 380 g/mol. The van der Waals surface area contributed by atoms with Crippen LogP contribution in [0.2, 0.25) is 0 Å². The third-order valence-electron chi connectivity index (χ3n) is 3.90. The van der Waals surface area contributed by atoms with Gasteiger partial charge in [-0.05, 0) is 43.7 Å². The molecule has 8 heteroatoms. The highest BCUT2D eigenvalue weighted by molar-refractivity contribution is 7.89. The molecule has 7 nitrogen and oxygen atoms in total. The van der Waals surface area contributed by atoms with Crippen LogP contribution in [0.15, 0.2) is 53.4 Å². The fourth-order valence-electron chi connectivity index (χ4n) is 2.49. The predicted molar refractivity (Wildman–Crippen MR) is 107 cm³/mol. The predicted octanol–water partition coefficient (Wildman–Crippen LogP) is 2.42. The second-order valence-corrected chi connectivity index (χ2v) is 8.55. The van der Waals surface area contributed by atoms with Gasteiger partial charge in [0, 0.05) is 13.6 Å². The Bertz CT molecular complexity index is 898. The average Bonchev–Trinajstić information content (AvgIpc) is 2.67. The molecule has 1 amide bonds. The maximum Gasteiger partial charge on any atom is 0.243 e. The summed E-state index contributed by atoms with van der Waals surface area (Å²) in [6, 6.07) is 13.4. The lowest BCUT2D eigenvalue weighted by Gasteiger charge is -2.17. The number of amides is 1. The zero-order valence-corrected chi connectivity index (χ0v) is 17.3. The molecule has 0 atom stereocenters. The van der Waals surface area contributed by atoms with Crippen LogP contribution in [0.1, 0.15) is 19.4 Å². The van der Waals surface area contributed by atoms with E-state index in [1.165, 1.54) is 19.2 Å². The number of sulfonamides is 1. The van der Waals surface area contributed by atoms with E-state index in [4.69, 9.17) is 9.47 Å². The van der Waals surface area contributed by atoms with E-state index in [-0.39, 0.29) is 24.1 Å². The number of hydrogen-bond donors (Lipinski definition) is 1. The Morgan fingerprint density at radius 3 is 2.39 bits per heavy atom. The van der Waals surface area contributed by atoms with E-state index in [0.717, 1.165) is 9.87 Å². The molecule has 0 heterocycles. The Kier molecular flexibility index (Phi) is 7.42. The second kappa shape index (κ2) is 9.57. The Balaban J connectivity index is 1.97. The molecule has 2 aromatic carbocycles. The van der Waals surface area contributed by atoms with E-state index >= 15 is 0 Å². The number of methoxy groups -OCH3 is 1. The van der Waals surface area contributed by atoms with E-state index in [1.54, 1.807) is 37.4 Å². The normalized spacial score (nSPS) is 11.5. The molecule has 0 fully saturated rings. The van der Waals surface area contributed by atoms with Crippen molar-refractivity contribution in [3.05, 3.63) is 54.1 Å². The zero-order valence-electron chi connectivity index (χ0n) is 16.5. The van der Waals surface area contributed by atoms with E-state index in [9.17, 15) is 13.2 Å². The molecule has 0 saturated heterocycles.